The van der Waals surface area contributed by atoms with Crippen LogP contribution in [0.3, 0.4) is 0 Å². The molecule has 0 fully saturated rings. The molecule has 0 bridgehead atoms. The lowest BCUT2D eigenvalue weighted by Gasteiger charge is -2.08. The van der Waals surface area contributed by atoms with Crippen molar-refractivity contribution in [2.75, 3.05) is 20.8 Å². The summed E-state index contributed by atoms with van der Waals surface area (Å²) in [6.07, 6.45) is 1.57. The Hall–Kier alpha value is -3.46. The maximum Gasteiger partial charge on any atom is 0.342 e. The number of thioether (sulfide) groups is 1. The van der Waals surface area contributed by atoms with Crippen molar-refractivity contribution in [1.29, 1.82) is 0 Å². The van der Waals surface area contributed by atoms with Crippen LogP contribution < -0.4 is 14.2 Å². The van der Waals surface area contributed by atoms with Gasteiger partial charge in [0.25, 0.3) is 0 Å². The molecule has 0 aliphatic heterocycles. The van der Waals surface area contributed by atoms with E-state index in [0.29, 0.717) is 35.4 Å². The molecule has 9 heteroatoms. The lowest BCUT2D eigenvalue weighted by atomic mass is 10.2. The Morgan fingerprint density at radius 2 is 1.75 bits per heavy atom. The summed E-state index contributed by atoms with van der Waals surface area (Å²) in [6.45, 7) is 4.78. The number of ether oxygens (including phenoxy) is 3. The molecule has 0 saturated carbocycles. The maximum atomic E-state index is 11.8. The lowest BCUT2D eigenvalue weighted by molar-refractivity contribution is -0.131. The third-order valence-electron chi connectivity index (χ3n) is 4.26. The molecule has 0 aliphatic carbocycles. The molecule has 2 aromatic carbocycles. The number of nitrogens with one attached hydrogen (secondary N) is 1. The van der Waals surface area contributed by atoms with Crippen LogP contribution in [0.1, 0.15) is 19.4 Å². The van der Waals surface area contributed by atoms with E-state index in [-0.39, 0.29) is 10.1 Å². The summed E-state index contributed by atoms with van der Waals surface area (Å²) in [5.74, 6) is 1.79. The van der Waals surface area contributed by atoms with Crippen molar-refractivity contribution >= 4 is 23.8 Å². The number of rotatable bonds is 10. The Balaban J connectivity index is 1.78. The summed E-state index contributed by atoms with van der Waals surface area (Å²) in [6, 6.07) is 12.6. The molecule has 0 unspecified atom stereocenters. The van der Waals surface area contributed by atoms with Crippen molar-refractivity contribution in [3.8, 4) is 28.6 Å². The van der Waals surface area contributed by atoms with E-state index in [4.69, 9.17) is 14.2 Å². The van der Waals surface area contributed by atoms with E-state index in [1.54, 1.807) is 38.5 Å². The highest BCUT2D eigenvalue weighted by molar-refractivity contribution is 8.04. The summed E-state index contributed by atoms with van der Waals surface area (Å²) in [5.41, 5.74) is 1.44. The molecule has 0 atom stereocenters. The number of carboxylic acid groups (broad SMARTS) is 1. The zero-order valence-electron chi connectivity index (χ0n) is 18.3. The van der Waals surface area contributed by atoms with Gasteiger partial charge in [-0.1, -0.05) is 26.0 Å². The molecule has 3 aromatic rings. The number of aromatic nitrogens is 3. The van der Waals surface area contributed by atoms with Crippen LogP contribution in [-0.4, -0.2) is 47.1 Å². The van der Waals surface area contributed by atoms with Crippen molar-refractivity contribution in [1.82, 2.24) is 15.2 Å². The van der Waals surface area contributed by atoms with E-state index >= 15 is 0 Å². The van der Waals surface area contributed by atoms with Gasteiger partial charge in [0.15, 0.2) is 5.82 Å². The quantitative estimate of drug-likeness (QED) is 0.333. The molecule has 0 aliphatic rings. The van der Waals surface area contributed by atoms with Gasteiger partial charge in [-0.3, -0.25) is 5.10 Å². The van der Waals surface area contributed by atoms with Gasteiger partial charge in [-0.25, -0.2) is 9.78 Å². The first-order valence-electron chi connectivity index (χ1n) is 9.89. The second-order valence-electron chi connectivity index (χ2n) is 7.26. The number of carboxylic acids is 1. The average molecular weight is 456 g/mol. The van der Waals surface area contributed by atoms with Gasteiger partial charge in [0.2, 0.25) is 5.16 Å². The maximum absolute atomic E-state index is 11.8. The first-order chi connectivity index (χ1) is 15.4. The molecule has 0 saturated heterocycles. The topological polar surface area (TPSA) is 107 Å². The molecule has 0 spiro atoms. The summed E-state index contributed by atoms with van der Waals surface area (Å²) in [5, 5.41) is 16.9. The van der Waals surface area contributed by atoms with Crippen LogP contribution in [0.2, 0.25) is 0 Å². The second kappa shape index (κ2) is 10.7. The van der Waals surface area contributed by atoms with Gasteiger partial charge in [0.05, 0.1) is 20.8 Å². The van der Waals surface area contributed by atoms with Crippen LogP contribution in [-0.2, 0) is 4.79 Å². The number of aromatic amines is 1. The smallest absolute Gasteiger partial charge is 0.342 e. The fourth-order valence-corrected chi connectivity index (χ4v) is 3.38. The number of hydrogen-bond donors (Lipinski definition) is 2. The second-order valence-corrected chi connectivity index (χ2v) is 8.27. The highest BCUT2D eigenvalue weighted by atomic mass is 32.2. The predicted octanol–water partition coefficient (Wildman–Crippen LogP) is 4.74. The Labute approximate surface area is 190 Å². The fourth-order valence-electron chi connectivity index (χ4n) is 2.67. The van der Waals surface area contributed by atoms with Crippen molar-refractivity contribution in [2.24, 2.45) is 5.92 Å². The minimum absolute atomic E-state index is 0.0922. The zero-order valence-corrected chi connectivity index (χ0v) is 19.1. The van der Waals surface area contributed by atoms with Gasteiger partial charge in [-0.05, 0) is 53.6 Å². The largest absolute Gasteiger partial charge is 0.497 e. The molecule has 3 rings (SSSR count). The molecule has 8 nitrogen and oxygen atoms in total. The normalized spacial score (nSPS) is 11.5. The van der Waals surface area contributed by atoms with Crippen molar-refractivity contribution in [2.45, 2.75) is 19.0 Å². The van der Waals surface area contributed by atoms with E-state index in [0.717, 1.165) is 23.1 Å². The van der Waals surface area contributed by atoms with Gasteiger partial charge >= 0.3 is 5.97 Å². The van der Waals surface area contributed by atoms with E-state index in [2.05, 4.69) is 29.0 Å². The Bertz CT molecular complexity index is 1070. The Morgan fingerprint density at radius 1 is 1.09 bits per heavy atom. The predicted molar refractivity (Wildman–Crippen MR) is 123 cm³/mol. The lowest BCUT2D eigenvalue weighted by Crippen LogP contribution is -2.04. The third kappa shape index (κ3) is 6.27. The highest BCUT2D eigenvalue weighted by Crippen LogP contribution is 2.31. The van der Waals surface area contributed by atoms with E-state index < -0.39 is 5.97 Å². The van der Waals surface area contributed by atoms with Crippen molar-refractivity contribution in [3.05, 3.63) is 52.9 Å². The van der Waals surface area contributed by atoms with Gasteiger partial charge in [0, 0.05) is 11.6 Å². The van der Waals surface area contributed by atoms with Gasteiger partial charge in [-0.15, -0.1) is 5.10 Å². The van der Waals surface area contributed by atoms with Crippen LogP contribution in [0.5, 0.6) is 17.2 Å². The minimum Gasteiger partial charge on any atom is -0.497 e. The number of nitrogens with zero attached hydrogens (tertiary/aromatic N) is 2. The molecular weight excluding hydrogens is 430 g/mol. The molecule has 32 heavy (non-hydrogen) atoms. The van der Waals surface area contributed by atoms with Gasteiger partial charge in [-0.2, -0.15) is 0 Å². The first-order valence-corrected chi connectivity index (χ1v) is 10.7. The molecule has 1 heterocycles. The van der Waals surface area contributed by atoms with Crippen LogP contribution >= 0.6 is 11.8 Å². The molecule has 2 N–H and O–H groups in total. The van der Waals surface area contributed by atoms with Gasteiger partial charge < -0.3 is 19.3 Å². The van der Waals surface area contributed by atoms with E-state index in [1.807, 2.05) is 24.3 Å². The Morgan fingerprint density at radius 3 is 2.31 bits per heavy atom. The Kier molecular flexibility index (Phi) is 7.77. The van der Waals surface area contributed by atoms with Crippen LogP contribution in [0.25, 0.3) is 17.5 Å². The average Bonchev–Trinajstić information content (AvgIpc) is 3.26. The first kappa shape index (κ1) is 23.2. The summed E-state index contributed by atoms with van der Waals surface area (Å²) >= 11 is 0.960. The van der Waals surface area contributed by atoms with E-state index in [9.17, 15) is 9.90 Å². The van der Waals surface area contributed by atoms with Crippen LogP contribution in [0.4, 0.5) is 0 Å². The SMILES string of the molecule is COc1cc(OC)cc(-c2nc(S/C(=C/c3ccc(OCC(C)C)cc3)C(=O)O)n[nH]2)c1. The molecule has 0 amide bonds. The summed E-state index contributed by atoms with van der Waals surface area (Å²) in [7, 11) is 3.13. The number of methoxy groups -OCH3 is 2. The monoisotopic (exact) mass is 455 g/mol. The van der Waals surface area contributed by atoms with Crippen molar-refractivity contribution in [3.63, 3.8) is 0 Å². The van der Waals surface area contributed by atoms with E-state index in [1.165, 1.54) is 0 Å². The highest BCUT2D eigenvalue weighted by Gasteiger charge is 2.15. The third-order valence-corrected chi connectivity index (χ3v) is 5.14. The van der Waals surface area contributed by atoms with Crippen LogP contribution in [0, 0.1) is 5.92 Å². The minimum atomic E-state index is -1.07. The standard InChI is InChI=1S/C23H25N3O5S/c1-14(2)13-31-17-7-5-15(6-8-17)9-20(22(27)28)32-23-24-21(25-26-23)16-10-18(29-3)12-19(11-16)30-4/h5-12,14H,13H2,1-4H3,(H,27,28)(H,24,25,26)/b20-9+. The zero-order chi connectivity index (χ0) is 23.1. The summed E-state index contributed by atoms with van der Waals surface area (Å²) in [4.78, 5) is 16.3. The number of aliphatic carboxylic acids is 1. The molecular formula is C23H25N3O5S. The van der Waals surface area contributed by atoms with Crippen LogP contribution in [0.15, 0.2) is 52.5 Å². The molecule has 168 valence electrons. The number of carbonyl (C=O) groups is 1. The number of H-pyrrole nitrogens is 1. The number of benzene rings is 2. The molecule has 1 aromatic heterocycles. The molecule has 0 radical (unpaired) electrons. The fraction of sp³-hybridized carbons (Fsp3) is 0.261. The van der Waals surface area contributed by atoms with Crippen molar-refractivity contribution < 1.29 is 24.1 Å². The summed E-state index contributed by atoms with van der Waals surface area (Å²) < 4.78 is 16.2. The van der Waals surface area contributed by atoms with Gasteiger partial charge in [0.1, 0.15) is 22.2 Å². The number of hydrogen-bond acceptors (Lipinski definition) is 7.